The normalized spacial score (nSPS) is 19.9. The Hall–Kier alpha value is -0.770. The van der Waals surface area contributed by atoms with E-state index in [-0.39, 0.29) is 24.4 Å². The number of likely N-dealkylation sites (N-methyl/N-ethyl adjacent to an activating group) is 1. The molecule has 1 heterocycles. The minimum Gasteiger partial charge on any atom is -0.343 e. The van der Waals surface area contributed by atoms with Crippen molar-refractivity contribution in [1.29, 1.82) is 0 Å². The van der Waals surface area contributed by atoms with Gasteiger partial charge >= 0.3 is 0 Å². The molecule has 1 fully saturated rings. The van der Waals surface area contributed by atoms with Crippen molar-refractivity contribution in [1.82, 2.24) is 10.2 Å². The SMILES string of the molecule is CC(CC(=O)N(C)C(C)Cc1ccc(Cl)cc1)C1CCCNC1.Cl. The third-order valence-corrected chi connectivity index (χ3v) is 5.39. The van der Waals surface area contributed by atoms with E-state index < -0.39 is 0 Å². The number of hydrogen-bond acceptors (Lipinski definition) is 2. The average molecular weight is 373 g/mol. The molecule has 1 N–H and O–H groups in total. The third kappa shape index (κ3) is 6.27. The number of piperidine rings is 1. The van der Waals surface area contributed by atoms with Gasteiger partial charge in [0.1, 0.15) is 0 Å². The van der Waals surface area contributed by atoms with E-state index in [0.29, 0.717) is 18.3 Å². The molecule has 0 aliphatic carbocycles. The highest BCUT2D eigenvalue weighted by Crippen LogP contribution is 2.23. The molecule has 1 aromatic carbocycles. The second-order valence-electron chi connectivity index (χ2n) is 6.97. The average Bonchev–Trinajstić information content (AvgIpc) is 2.56. The second kappa shape index (κ2) is 10.3. The number of carbonyl (C=O) groups excluding carboxylic acids is 1. The molecule has 24 heavy (non-hydrogen) atoms. The van der Waals surface area contributed by atoms with Crippen LogP contribution in [0.3, 0.4) is 0 Å². The molecular weight excluding hydrogens is 343 g/mol. The molecule has 0 saturated carbocycles. The molecule has 0 radical (unpaired) electrons. The second-order valence-corrected chi connectivity index (χ2v) is 7.41. The van der Waals surface area contributed by atoms with Gasteiger partial charge in [0, 0.05) is 24.5 Å². The first-order valence-electron chi connectivity index (χ1n) is 8.68. The lowest BCUT2D eigenvalue weighted by Gasteiger charge is -2.31. The monoisotopic (exact) mass is 372 g/mol. The summed E-state index contributed by atoms with van der Waals surface area (Å²) in [5.74, 6) is 1.33. The first-order chi connectivity index (χ1) is 11.0. The Bertz CT molecular complexity index is 501. The Kier molecular flexibility index (Phi) is 9.11. The number of amides is 1. The fourth-order valence-electron chi connectivity index (χ4n) is 3.29. The molecule has 2 rings (SSSR count). The van der Waals surface area contributed by atoms with Crippen LogP contribution in [0, 0.1) is 11.8 Å². The molecule has 1 aliphatic rings. The molecule has 3 nitrogen and oxygen atoms in total. The lowest BCUT2D eigenvalue weighted by atomic mass is 9.85. The Morgan fingerprint density at radius 3 is 2.58 bits per heavy atom. The largest absolute Gasteiger partial charge is 0.343 e. The summed E-state index contributed by atoms with van der Waals surface area (Å²) in [6.45, 7) is 6.50. The molecule has 3 unspecified atom stereocenters. The molecule has 0 aromatic heterocycles. The molecule has 0 bridgehead atoms. The summed E-state index contributed by atoms with van der Waals surface area (Å²) >= 11 is 5.92. The van der Waals surface area contributed by atoms with Gasteiger partial charge in [0.25, 0.3) is 0 Å². The summed E-state index contributed by atoms with van der Waals surface area (Å²) in [5, 5.41) is 4.19. The number of benzene rings is 1. The number of nitrogens with zero attached hydrogens (tertiary/aromatic N) is 1. The van der Waals surface area contributed by atoms with Crippen LogP contribution in [-0.2, 0) is 11.2 Å². The summed E-state index contributed by atoms with van der Waals surface area (Å²) in [4.78, 5) is 14.5. The summed E-state index contributed by atoms with van der Waals surface area (Å²) in [5.41, 5.74) is 1.21. The maximum absolute atomic E-state index is 12.6. The Labute approximate surface area is 157 Å². The van der Waals surface area contributed by atoms with Gasteiger partial charge in [-0.2, -0.15) is 0 Å². The Morgan fingerprint density at radius 1 is 1.33 bits per heavy atom. The Balaban J connectivity index is 0.00000288. The number of halogens is 2. The van der Waals surface area contributed by atoms with Crippen LogP contribution in [0.15, 0.2) is 24.3 Å². The smallest absolute Gasteiger partial charge is 0.222 e. The maximum Gasteiger partial charge on any atom is 0.222 e. The van der Waals surface area contributed by atoms with Crippen LogP contribution in [0.2, 0.25) is 5.02 Å². The van der Waals surface area contributed by atoms with Crippen molar-refractivity contribution < 1.29 is 4.79 Å². The van der Waals surface area contributed by atoms with Crippen LogP contribution in [0.4, 0.5) is 0 Å². The van der Waals surface area contributed by atoms with E-state index in [2.05, 4.69) is 19.2 Å². The molecule has 1 saturated heterocycles. The van der Waals surface area contributed by atoms with Crippen LogP contribution >= 0.6 is 24.0 Å². The first kappa shape index (κ1) is 21.3. The predicted molar refractivity (Wildman–Crippen MR) is 104 cm³/mol. The van der Waals surface area contributed by atoms with Crippen LogP contribution in [0.1, 0.15) is 38.7 Å². The van der Waals surface area contributed by atoms with Gasteiger partial charge in [-0.15, -0.1) is 12.4 Å². The lowest BCUT2D eigenvalue weighted by Crippen LogP contribution is -2.39. The van der Waals surface area contributed by atoms with Crippen LogP contribution in [-0.4, -0.2) is 37.0 Å². The highest BCUT2D eigenvalue weighted by Gasteiger charge is 2.24. The maximum atomic E-state index is 12.6. The number of rotatable bonds is 6. The molecule has 1 amide bonds. The zero-order valence-corrected chi connectivity index (χ0v) is 16.5. The van der Waals surface area contributed by atoms with E-state index in [4.69, 9.17) is 11.6 Å². The van der Waals surface area contributed by atoms with Gasteiger partial charge in [-0.25, -0.2) is 0 Å². The van der Waals surface area contributed by atoms with Crippen LogP contribution in [0.5, 0.6) is 0 Å². The predicted octanol–water partition coefficient (Wildman–Crippen LogP) is 4.18. The lowest BCUT2D eigenvalue weighted by molar-refractivity contribution is -0.133. The van der Waals surface area contributed by atoms with Crippen molar-refractivity contribution in [2.45, 2.75) is 45.6 Å². The number of nitrogens with one attached hydrogen (secondary N) is 1. The van der Waals surface area contributed by atoms with E-state index in [1.54, 1.807) is 0 Å². The molecule has 1 aromatic rings. The fraction of sp³-hybridized carbons (Fsp3) is 0.632. The molecule has 1 aliphatic heterocycles. The number of hydrogen-bond donors (Lipinski definition) is 1. The summed E-state index contributed by atoms with van der Waals surface area (Å²) in [7, 11) is 1.93. The minimum atomic E-state index is 0. The summed E-state index contributed by atoms with van der Waals surface area (Å²) in [6.07, 6.45) is 3.98. The van der Waals surface area contributed by atoms with E-state index in [9.17, 15) is 4.79 Å². The van der Waals surface area contributed by atoms with Crippen molar-refractivity contribution in [3.63, 3.8) is 0 Å². The van der Waals surface area contributed by atoms with Gasteiger partial charge in [0.05, 0.1) is 0 Å². The van der Waals surface area contributed by atoms with Gasteiger partial charge in [-0.05, 0) is 68.8 Å². The zero-order chi connectivity index (χ0) is 16.8. The van der Waals surface area contributed by atoms with E-state index in [0.717, 1.165) is 24.5 Å². The topological polar surface area (TPSA) is 32.3 Å². The highest BCUT2D eigenvalue weighted by molar-refractivity contribution is 6.30. The third-order valence-electron chi connectivity index (χ3n) is 5.14. The summed E-state index contributed by atoms with van der Waals surface area (Å²) in [6, 6.07) is 8.08. The van der Waals surface area contributed by atoms with Crippen molar-refractivity contribution in [3.8, 4) is 0 Å². The van der Waals surface area contributed by atoms with Gasteiger partial charge in [0.15, 0.2) is 0 Å². The minimum absolute atomic E-state index is 0. The van der Waals surface area contributed by atoms with Gasteiger partial charge < -0.3 is 10.2 Å². The van der Waals surface area contributed by atoms with E-state index in [1.165, 1.54) is 18.4 Å². The fourth-order valence-corrected chi connectivity index (χ4v) is 3.42. The van der Waals surface area contributed by atoms with Crippen molar-refractivity contribution >= 4 is 29.9 Å². The highest BCUT2D eigenvalue weighted by atomic mass is 35.5. The first-order valence-corrected chi connectivity index (χ1v) is 9.06. The summed E-state index contributed by atoms with van der Waals surface area (Å²) < 4.78 is 0. The van der Waals surface area contributed by atoms with E-state index >= 15 is 0 Å². The Morgan fingerprint density at radius 2 is 2.00 bits per heavy atom. The molecule has 136 valence electrons. The van der Waals surface area contributed by atoms with Gasteiger partial charge in [-0.1, -0.05) is 30.7 Å². The van der Waals surface area contributed by atoms with Crippen LogP contribution < -0.4 is 5.32 Å². The van der Waals surface area contributed by atoms with Crippen molar-refractivity contribution in [2.75, 3.05) is 20.1 Å². The van der Waals surface area contributed by atoms with Gasteiger partial charge in [0.2, 0.25) is 5.91 Å². The van der Waals surface area contributed by atoms with Crippen molar-refractivity contribution in [3.05, 3.63) is 34.9 Å². The van der Waals surface area contributed by atoms with Gasteiger partial charge in [-0.3, -0.25) is 4.79 Å². The van der Waals surface area contributed by atoms with E-state index in [1.807, 2.05) is 36.2 Å². The molecular formula is C19H30Cl2N2O. The van der Waals surface area contributed by atoms with Crippen molar-refractivity contribution in [2.24, 2.45) is 11.8 Å². The van der Waals surface area contributed by atoms with Crippen LogP contribution in [0.25, 0.3) is 0 Å². The molecule has 5 heteroatoms. The quantitative estimate of drug-likeness (QED) is 0.812. The number of carbonyl (C=O) groups is 1. The molecule has 3 atom stereocenters. The standard InChI is InChI=1S/C19H29ClN2O.ClH/c1-14(17-5-4-10-21-13-17)11-19(23)22(3)15(2)12-16-6-8-18(20)9-7-16;/h6-9,14-15,17,21H,4-5,10-13H2,1-3H3;1H. The molecule has 0 spiro atoms. The zero-order valence-electron chi connectivity index (χ0n) is 14.9.